The maximum atomic E-state index is 15.7. The summed E-state index contributed by atoms with van der Waals surface area (Å²) >= 11 is 0. The first-order chi connectivity index (χ1) is 15.6. The van der Waals surface area contributed by atoms with E-state index in [9.17, 15) is 4.39 Å². The topological polar surface area (TPSA) is 72.3 Å². The molecule has 8 heteroatoms. The number of nitrogens with one attached hydrogen (secondary N) is 1. The van der Waals surface area contributed by atoms with Gasteiger partial charge in [0.05, 0.1) is 17.5 Å². The average molecular weight is 434 g/mol. The zero-order valence-corrected chi connectivity index (χ0v) is 17.8. The van der Waals surface area contributed by atoms with Crippen LogP contribution < -0.4 is 0 Å². The lowest BCUT2D eigenvalue weighted by molar-refractivity contribution is 0.0334. The first kappa shape index (κ1) is 19.5. The Balaban J connectivity index is 1.48. The lowest BCUT2D eigenvalue weighted by atomic mass is 9.58. The number of hydrogen-bond acceptors (Lipinski definition) is 4. The third-order valence-electron chi connectivity index (χ3n) is 7.61. The Labute approximate surface area is 184 Å². The van der Waals surface area contributed by atoms with Gasteiger partial charge in [0.15, 0.2) is 23.1 Å². The molecule has 0 aromatic carbocycles. The molecular weight excluding hydrogens is 410 g/mol. The van der Waals surface area contributed by atoms with Crippen molar-refractivity contribution in [2.45, 2.75) is 39.0 Å². The van der Waals surface area contributed by atoms with Crippen LogP contribution in [0.15, 0.2) is 36.9 Å². The Morgan fingerprint density at radius 3 is 2.53 bits per heavy atom. The zero-order chi connectivity index (χ0) is 21.8. The molecule has 0 unspecified atom stereocenters. The summed E-state index contributed by atoms with van der Waals surface area (Å²) in [6, 6.07) is 3.66. The molecule has 3 fully saturated rings. The summed E-state index contributed by atoms with van der Waals surface area (Å²) in [4.78, 5) is 20.2. The van der Waals surface area contributed by atoms with Gasteiger partial charge in [-0.3, -0.25) is 0 Å². The highest BCUT2D eigenvalue weighted by Gasteiger charge is 2.41. The van der Waals surface area contributed by atoms with Crippen molar-refractivity contribution in [3.8, 4) is 17.2 Å². The lowest BCUT2D eigenvalue weighted by Gasteiger charge is -2.47. The van der Waals surface area contributed by atoms with Crippen LogP contribution in [-0.2, 0) is 6.42 Å². The van der Waals surface area contributed by atoms with Gasteiger partial charge < -0.3 is 9.55 Å². The molecule has 3 aliphatic carbocycles. The van der Waals surface area contributed by atoms with Crippen LogP contribution in [0.3, 0.4) is 0 Å². The highest BCUT2D eigenvalue weighted by Crippen LogP contribution is 2.49. The van der Waals surface area contributed by atoms with Crippen LogP contribution in [0.2, 0.25) is 0 Å². The molecule has 2 atom stereocenters. The largest absolute Gasteiger partial charge is 0.344 e. The lowest BCUT2D eigenvalue weighted by Crippen LogP contribution is -2.39. The minimum absolute atomic E-state index is 0.197. The van der Waals surface area contributed by atoms with Crippen molar-refractivity contribution in [1.82, 2.24) is 29.5 Å². The molecule has 4 heterocycles. The van der Waals surface area contributed by atoms with Crippen molar-refractivity contribution in [2.75, 3.05) is 0 Å². The van der Waals surface area contributed by atoms with Gasteiger partial charge in [-0.25, -0.2) is 24.3 Å². The predicted octanol–water partition coefficient (Wildman–Crippen LogP) is 5.10. The fraction of sp³-hybridized carbons (Fsp3) is 0.417. The van der Waals surface area contributed by atoms with E-state index in [1.807, 2.05) is 12.1 Å². The molecule has 0 spiro atoms. The van der Waals surface area contributed by atoms with Crippen LogP contribution in [0, 0.1) is 35.4 Å². The average Bonchev–Trinajstić information content (AvgIpc) is 3.48. The van der Waals surface area contributed by atoms with Crippen LogP contribution >= 0.6 is 0 Å². The van der Waals surface area contributed by atoms with Crippen LogP contribution in [0.25, 0.3) is 28.4 Å². The Morgan fingerprint density at radius 1 is 1.03 bits per heavy atom. The number of nitrogens with zero attached hydrogens (tertiary/aromatic N) is 5. The van der Waals surface area contributed by atoms with Crippen LogP contribution in [0.1, 0.15) is 38.3 Å². The van der Waals surface area contributed by atoms with E-state index in [4.69, 9.17) is 0 Å². The van der Waals surface area contributed by atoms with Gasteiger partial charge in [0.2, 0.25) is 5.95 Å². The normalized spacial score (nSPS) is 25.0. The van der Waals surface area contributed by atoms with Gasteiger partial charge in [-0.05, 0) is 67.9 Å². The summed E-state index contributed by atoms with van der Waals surface area (Å²) < 4.78 is 31.2. The summed E-state index contributed by atoms with van der Waals surface area (Å²) in [6.07, 6.45) is 11.8. The fourth-order valence-electron chi connectivity index (χ4n) is 5.88. The van der Waals surface area contributed by atoms with Crippen molar-refractivity contribution in [3.05, 3.63) is 54.4 Å². The number of aromatic nitrogens is 6. The number of H-pyrrole nitrogens is 1. The van der Waals surface area contributed by atoms with Crippen molar-refractivity contribution in [1.29, 1.82) is 0 Å². The van der Waals surface area contributed by atoms with Crippen LogP contribution in [0.5, 0.6) is 0 Å². The van der Waals surface area contributed by atoms with Crippen LogP contribution in [-0.4, -0.2) is 29.5 Å². The molecule has 0 saturated heterocycles. The molecule has 32 heavy (non-hydrogen) atoms. The highest BCUT2D eigenvalue weighted by atomic mass is 19.1. The van der Waals surface area contributed by atoms with Gasteiger partial charge in [-0.2, -0.15) is 4.39 Å². The summed E-state index contributed by atoms with van der Waals surface area (Å²) in [6.45, 7) is 2.31. The molecule has 4 aromatic heterocycles. The molecule has 3 saturated carbocycles. The molecule has 0 radical (unpaired) electrons. The monoisotopic (exact) mass is 434 g/mol. The van der Waals surface area contributed by atoms with E-state index in [2.05, 4.69) is 31.8 Å². The van der Waals surface area contributed by atoms with E-state index in [1.54, 1.807) is 23.2 Å². The maximum Gasteiger partial charge on any atom is 0.232 e. The second-order valence-corrected chi connectivity index (χ2v) is 9.22. The van der Waals surface area contributed by atoms with Gasteiger partial charge in [-0.1, -0.05) is 6.92 Å². The van der Waals surface area contributed by atoms with E-state index < -0.39 is 11.8 Å². The van der Waals surface area contributed by atoms with E-state index >= 15 is 4.39 Å². The van der Waals surface area contributed by atoms with Crippen LogP contribution in [0.4, 0.5) is 8.78 Å². The van der Waals surface area contributed by atoms with Gasteiger partial charge in [0, 0.05) is 18.6 Å². The first-order valence-corrected chi connectivity index (χ1v) is 11.3. The smallest absolute Gasteiger partial charge is 0.232 e. The summed E-state index contributed by atoms with van der Waals surface area (Å²) in [7, 11) is 0. The minimum atomic E-state index is -0.682. The second-order valence-electron chi connectivity index (χ2n) is 9.22. The second kappa shape index (κ2) is 7.46. The number of halogens is 2. The van der Waals surface area contributed by atoms with Gasteiger partial charge in [0.1, 0.15) is 5.52 Å². The Morgan fingerprint density at radius 2 is 1.78 bits per heavy atom. The van der Waals surface area contributed by atoms with Crippen molar-refractivity contribution in [2.24, 2.45) is 23.7 Å². The molecule has 6 nitrogen and oxygen atoms in total. The van der Waals surface area contributed by atoms with E-state index in [1.165, 1.54) is 25.7 Å². The Kier molecular flexibility index (Phi) is 4.55. The molecule has 4 aromatic rings. The summed E-state index contributed by atoms with van der Waals surface area (Å²) in [5, 5.41) is 0. The van der Waals surface area contributed by atoms with Gasteiger partial charge >= 0.3 is 0 Å². The fourth-order valence-corrected chi connectivity index (χ4v) is 5.88. The first-order valence-electron chi connectivity index (χ1n) is 11.3. The number of aromatic amines is 1. The molecular formula is C24H24F2N6. The zero-order valence-electron chi connectivity index (χ0n) is 17.8. The number of rotatable bonds is 4. The Bertz CT molecular complexity index is 1270. The van der Waals surface area contributed by atoms with Gasteiger partial charge in [-0.15, -0.1) is 0 Å². The van der Waals surface area contributed by atoms with Crippen molar-refractivity contribution >= 4 is 11.2 Å². The SMILES string of the molecule is C[C@H]1C2CCC(CC2)[C@@H]1Cc1nc(-c2c[nH]c3ncc(F)nc23)nc(-n2cccc2)c1F. The number of hydrogen-bond donors (Lipinski definition) is 1. The third-order valence-corrected chi connectivity index (χ3v) is 7.61. The number of fused-ring (bicyclic) bond motifs is 4. The molecule has 0 amide bonds. The van der Waals surface area contributed by atoms with E-state index in [-0.39, 0.29) is 5.82 Å². The summed E-state index contributed by atoms with van der Waals surface area (Å²) in [5.74, 6) is 1.77. The maximum absolute atomic E-state index is 15.7. The standard InChI is InChI=1S/C24H24F2N6/c1-13-14-4-6-15(7-5-14)16(13)10-18-20(26)24(32-8-2-3-9-32)31-22(29-18)17-11-27-23-21(17)30-19(25)12-28-23/h2-3,8-9,11-16H,4-7,10H2,1H3,(H,27,28)/t13-,14?,15?,16+/m0/s1. The summed E-state index contributed by atoms with van der Waals surface area (Å²) in [5.41, 5.74) is 1.71. The molecule has 2 bridgehead atoms. The van der Waals surface area contributed by atoms with Crippen molar-refractivity contribution in [3.63, 3.8) is 0 Å². The molecule has 164 valence electrons. The highest BCUT2D eigenvalue weighted by molar-refractivity contribution is 5.87. The van der Waals surface area contributed by atoms with Gasteiger partial charge in [0.25, 0.3) is 0 Å². The van der Waals surface area contributed by atoms with Crippen molar-refractivity contribution < 1.29 is 8.78 Å². The minimum Gasteiger partial charge on any atom is -0.344 e. The molecule has 3 aliphatic rings. The quantitative estimate of drug-likeness (QED) is 0.485. The van der Waals surface area contributed by atoms with E-state index in [0.29, 0.717) is 52.4 Å². The Hall–Kier alpha value is -3.16. The molecule has 7 rings (SSSR count). The molecule has 1 N–H and O–H groups in total. The van der Waals surface area contributed by atoms with E-state index in [0.717, 1.165) is 12.1 Å². The molecule has 0 aliphatic heterocycles. The predicted molar refractivity (Wildman–Crippen MR) is 116 cm³/mol. The third kappa shape index (κ3) is 3.12.